The van der Waals surface area contributed by atoms with Crippen molar-refractivity contribution in [3.8, 4) is 22.6 Å². The first kappa shape index (κ1) is 27.2. The Morgan fingerprint density at radius 1 is 0.789 bits per heavy atom. The molecule has 9 heteroatoms. The van der Waals surface area contributed by atoms with Crippen LogP contribution in [0.25, 0.3) is 16.7 Å². The minimum atomic E-state index is -1.26. The van der Waals surface area contributed by atoms with E-state index in [0.717, 1.165) is 6.07 Å². The zero-order valence-corrected chi connectivity index (χ0v) is 20.8. The van der Waals surface area contributed by atoms with Crippen molar-refractivity contribution in [3.63, 3.8) is 0 Å². The summed E-state index contributed by atoms with van der Waals surface area (Å²) in [6, 6.07) is 8.56. The summed E-state index contributed by atoms with van der Waals surface area (Å²) in [7, 11) is 0. The summed E-state index contributed by atoms with van der Waals surface area (Å²) in [5, 5.41) is 0. The van der Waals surface area contributed by atoms with Crippen LogP contribution in [0.5, 0.6) is 11.5 Å². The van der Waals surface area contributed by atoms with Gasteiger partial charge >= 0.3 is 5.97 Å². The highest BCUT2D eigenvalue weighted by molar-refractivity contribution is 5.90. The van der Waals surface area contributed by atoms with Crippen LogP contribution in [0.1, 0.15) is 49.0 Å². The number of rotatable bonds is 8. The van der Waals surface area contributed by atoms with E-state index in [1.54, 1.807) is 19.9 Å². The lowest BCUT2D eigenvalue weighted by Crippen LogP contribution is -2.20. The Hall–Kier alpha value is -3.88. The molecule has 0 spiro atoms. The molecule has 38 heavy (non-hydrogen) atoms. The Kier molecular flexibility index (Phi) is 8.34. The lowest BCUT2D eigenvalue weighted by Gasteiger charge is -2.23. The maximum Gasteiger partial charge on any atom is 0.338 e. The molecule has 0 bridgehead atoms. The van der Waals surface area contributed by atoms with Crippen molar-refractivity contribution in [2.24, 2.45) is 0 Å². The molecule has 1 aliphatic rings. The van der Waals surface area contributed by atoms with Gasteiger partial charge in [-0.05, 0) is 68.7 Å². The van der Waals surface area contributed by atoms with Gasteiger partial charge in [-0.3, -0.25) is 0 Å². The van der Waals surface area contributed by atoms with Gasteiger partial charge in [0.25, 0.3) is 0 Å². The summed E-state index contributed by atoms with van der Waals surface area (Å²) in [4.78, 5) is 12.6. The molecule has 4 nitrogen and oxygen atoms in total. The monoisotopic (exact) mass is 532 g/mol. The average Bonchev–Trinajstić information content (AvgIpc) is 2.91. The van der Waals surface area contributed by atoms with E-state index in [1.165, 1.54) is 36.4 Å². The van der Waals surface area contributed by atoms with Crippen LogP contribution in [0.2, 0.25) is 0 Å². The maximum atomic E-state index is 14.8. The molecule has 3 aromatic rings. The topological polar surface area (TPSA) is 44.8 Å². The van der Waals surface area contributed by atoms with E-state index in [4.69, 9.17) is 14.2 Å². The van der Waals surface area contributed by atoms with Crippen molar-refractivity contribution in [1.82, 2.24) is 0 Å². The molecule has 3 aromatic carbocycles. The van der Waals surface area contributed by atoms with Crippen molar-refractivity contribution >= 4 is 11.5 Å². The number of carbonyl (C=O) groups excluding carboxylic acids is 1. The van der Waals surface area contributed by atoms with Crippen LogP contribution in [0.3, 0.4) is 0 Å². The Morgan fingerprint density at radius 2 is 1.37 bits per heavy atom. The van der Waals surface area contributed by atoms with E-state index in [2.05, 4.69) is 0 Å². The summed E-state index contributed by atoms with van der Waals surface area (Å²) in [6.07, 6.45) is 2.06. The molecule has 0 radical (unpaired) electrons. The fourth-order valence-corrected chi connectivity index (χ4v) is 4.30. The lowest BCUT2D eigenvalue weighted by molar-refractivity contribution is 0.0284. The van der Waals surface area contributed by atoms with Crippen LogP contribution in [0, 0.1) is 29.1 Å². The first-order valence-corrected chi connectivity index (χ1v) is 12.2. The van der Waals surface area contributed by atoms with Gasteiger partial charge in [0.1, 0.15) is 11.9 Å². The van der Waals surface area contributed by atoms with Gasteiger partial charge in [-0.2, -0.15) is 8.78 Å². The number of ether oxygens (including phenoxy) is 3. The normalized spacial score (nSPS) is 15.1. The van der Waals surface area contributed by atoms with Gasteiger partial charge in [-0.15, -0.1) is 0 Å². The Morgan fingerprint density at radius 3 is 1.92 bits per heavy atom. The highest BCUT2D eigenvalue weighted by Crippen LogP contribution is 2.34. The third kappa shape index (κ3) is 5.51. The summed E-state index contributed by atoms with van der Waals surface area (Å²) < 4.78 is 87.8. The maximum absolute atomic E-state index is 14.8. The van der Waals surface area contributed by atoms with E-state index in [-0.39, 0.29) is 53.4 Å². The fraction of sp³-hybridized carbons (Fsp3) is 0.276. The summed E-state index contributed by atoms with van der Waals surface area (Å²) in [5.41, 5.74) is 0.0534. The van der Waals surface area contributed by atoms with E-state index in [1.807, 2.05) is 0 Å². The second kappa shape index (κ2) is 11.7. The van der Waals surface area contributed by atoms with Gasteiger partial charge in [0, 0.05) is 23.1 Å². The predicted octanol–water partition coefficient (Wildman–Crippen LogP) is 7.64. The van der Waals surface area contributed by atoms with Crippen LogP contribution in [0.4, 0.5) is 22.0 Å². The highest BCUT2D eigenvalue weighted by atomic mass is 19.2. The van der Waals surface area contributed by atoms with Gasteiger partial charge in [-0.25, -0.2) is 18.0 Å². The minimum absolute atomic E-state index is 0.104. The standard InChI is InChI=1S/C29H25F5O4/c1-3-36-23-13-11-19(25(31)27(23)33)16-5-8-18(9-6-16)38-29(35)17-7-10-20(22(30)15-17)21-12-14-24(37-4-2)28(34)26(21)32/h5,7,10-15,18H,3-4,6,8-9H2,1-2H3. The molecule has 1 unspecified atom stereocenters. The number of hydrogen-bond donors (Lipinski definition) is 0. The second-order valence-corrected chi connectivity index (χ2v) is 8.57. The molecule has 0 saturated carbocycles. The fourth-order valence-electron chi connectivity index (χ4n) is 4.30. The average molecular weight is 533 g/mol. The molecule has 1 atom stereocenters. The molecule has 0 heterocycles. The smallest absolute Gasteiger partial charge is 0.338 e. The van der Waals surface area contributed by atoms with Gasteiger partial charge in [-0.1, -0.05) is 12.1 Å². The highest BCUT2D eigenvalue weighted by Gasteiger charge is 2.24. The van der Waals surface area contributed by atoms with Crippen molar-refractivity contribution < 1.29 is 41.0 Å². The van der Waals surface area contributed by atoms with E-state index < -0.39 is 41.2 Å². The van der Waals surface area contributed by atoms with Crippen LogP contribution in [-0.2, 0) is 4.74 Å². The van der Waals surface area contributed by atoms with Gasteiger partial charge in [0.2, 0.25) is 11.6 Å². The Bertz CT molecular complexity index is 1390. The van der Waals surface area contributed by atoms with E-state index >= 15 is 0 Å². The predicted molar refractivity (Wildman–Crippen MR) is 131 cm³/mol. The first-order chi connectivity index (χ1) is 18.2. The molecule has 0 fully saturated rings. The first-order valence-electron chi connectivity index (χ1n) is 12.2. The molecule has 0 aromatic heterocycles. The molecular weight excluding hydrogens is 507 g/mol. The molecule has 0 amide bonds. The van der Waals surface area contributed by atoms with Crippen molar-refractivity contribution in [3.05, 3.63) is 88.8 Å². The van der Waals surface area contributed by atoms with Crippen molar-refractivity contribution in [2.75, 3.05) is 13.2 Å². The SMILES string of the molecule is CCOc1ccc(C2=CCC(OC(=O)c3ccc(-c4ccc(OCC)c(F)c4F)c(F)c3)CC2)c(F)c1F. The van der Waals surface area contributed by atoms with Gasteiger partial charge in [0.15, 0.2) is 23.1 Å². The van der Waals surface area contributed by atoms with Crippen LogP contribution >= 0.6 is 0 Å². The largest absolute Gasteiger partial charge is 0.491 e. The van der Waals surface area contributed by atoms with Crippen molar-refractivity contribution in [2.45, 2.75) is 39.2 Å². The Labute approximate surface area is 216 Å². The van der Waals surface area contributed by atoms with E-state index in [9.17, 15) is 26.7 Å². The molecule has 1 aliphatic carbocycles. The van der Waals surface area contributed by atoms with Crippen LogP contribution in [-0.4, -0.2) is 25.3 Å². The third-order valence-electron chi connectivity index (χ3n) is 6.17. The molecule has 0 saturated heterocycles. The van der Waals surface area contributed by atoms with Crippen LogP contribution < -0.4 is 9.47 Å². The number of benzene rings is 3. The van der Waals surface area contributed by atoms with E-state index in [0.29, 0.717) is 18.4 Å². The minimum Gasteiger partial charge on any atom is -0.491 e. The van der Waals surface area contributed by atoms with Gasteiger partial charge < -0.3 is 14.2 Å². The summed E-state index contributed by atoms with van der Waals surface area (Å²) in [6.45, 7) is 3.63. The molecule has 0 N–H and O–H groups in total. The molecule has 4 rings (SSSR count). The number of carbonyl (C=O) groups is 1. The number of halogens is 5. The number of hydrogen-bond acceptors (Lipinski definition) is 4. The molecule has 200 valence electrons. The quantitative estimate of drug-likeness (QED) is 0.221. The third-order valence-corrected chi connectivity index (χ3v) is 6.17. The molecule has 0 aliphatic heterocycles. The second-order valence-electron chi connectivity index (χ2n) is 8.57. The zero-order chi connectivity index (χ0) is 27.4. The van der Waals surface area contributed by atoms with Crippen LogP contribution in [0.15, 0.2) is 48.5 Å². The summed E-state index contributed by atoms with van der Waals surface area (Å²) in [5.74, 6) is -6.73. The zero-order valence-electron chi connectivity index (χ0n) is 20.8. The Balaban J connectivity index is 1.45. The lowest BCUT2D eigenvalue weighted by atomic mass is 9.91. The molecular formula is C29H25F5O4. The van der Waals surface area contributed by atoms with Gasteiger partial charge in [0.05, 0.1) is 18.8 Å². The number of allylic oxidation sites excluding steroid dienone is 1. The summed E-state index contributed by atoms with van der Waals surface area (Å²) >= 11 is 0. The van der Waals surface area contributed by atoms with Crippen molar-refractivity contribution in [1.29, 1.82) is 0 Å². The number of esters is 1.